The quantitative estimate of drug-likeness (QED) is 0.915. The van der Waals surface area contributed by atoms with E-state index in [1.165, 1.54) is 0 Å². The zero-order chi connectivity index (χ0) is 13.4. The van der Waals surface area contributed by atoms with Crippen molar-refractivity contribution in [3.63, 3.8) is 0 Å². The minimum absolute atomic E-state index is 0.239. The number of hydrogen-bond acceptors (Lipinski definition) is 3. The van der Waals surface area contributed by atoms with Crippen LogP contribution in [-0.2, 0) is 12.8 Å². The Morgan fingerprint density at radius 3 is 3.11 bits per heavy atom. The van der Waals surface area contributed by atoms with E-state index in [1.807, 2.05) is 13.0 Å². The molecule has 4 nitrogen and oxygen atoms in total. The van der Waals surface area contributed by atoms with Crippen LogP contribution >= 0.6 is 11.6 Å². The number of anilines is 1. The maximum absolute atomic E-state index is 12.2. The largest absolute Gasteiger partial charge is 0.360 e. The summed E-state index contributed by atoms with van der Waals surface area (Å²) in [6.07, 6.45) is 2.75. The van der Waals surface area contributed by atoms with E-state index >= 15 is 0 Å². The highest BCUT2D eigenvalue weighted by Gasteiger charge is 2.25. The molecule has 0 bridgehead atoms. The van der Waals surface area contributed by atoms with Crippen LogP contribution in [0.5, 0.6) is 0 Å². The molecule has 0 aliphatic heterocycles. The van der Waals surface area contributed by atoms with Crippen LogP contribution in [0.3, 0.4) is 0 Å². The van der Waals surface area contributed by atoms with Crippen molar-refractivity contribution in [3.05, 3.63) is 45.8 Å². The highest BCUT2D eigenvalue weighted by atomic mass is 35.5. The van der Waals surface area contributed by atoms with Gasteiger partial charge in [0.2, 0.25) is 0 Å². The van der Waals surface area contributed by atoms with E-state index < -0.39 is 0 Å². The molecule has 1 amide bonds. The molecule has 0 spiro atoms. The van der Waals surface area contributed by atoms with Crippen LogP contribution in [0, 0.1) is 6.92 Å². The third-order valence-corrected chi connectivity index (χ3v) is 3.84. The van der Waals surface area contributed by atoms with Gasteiger partial charge in [-0.15, -0.1) is 0 Å². The van der Waals surface area contributed by atoms with Gasteiger partial charge in [-0.1, -0.05) is 22.8 Å². The summed E-state index contributed by atoms with van der Waals surface area (Å²) in [4.78, 5) is 12.2. The SMILES string of the molecule is Cc1c(Cl)cccc1NC(=O)c1noc2c1CCC2. The van der Waals surface area contributed by atoms with E-state index in [9.17, 15) is 4.79 Å². The lowest BCUT2D eigenvalue weighted by atomic mass is 10.1. The van der Waals surface area contributed by atoms with Crippen LogP contribution in [0.2, 0.25) is 5.02 Å². The van der Waals surface area contributed by atoms with Crippen molar-refractivity contribution in [1.82, 2.24) is 5.16 Å². The predicted molar refractivity (Wildman–Crippen MR) is 72.7 cm³/mol. The number of nitrogens with zero attached hydrogens (tertiary/aromatic N) is 1. The van der Waals surface area contributed by atoms with Crippen molar-refractivity contribution in [2.24, 2.45) is 0 Å². The van der Waals surface area contributed by atoms with Gasteiger partial charge in [-0.2, -0.15) is 0 Å². The second kappa shape index (κ2) is 4.70. The Labute approximate surface area is 115 Å². The van der Waals surface area contributed by atoms with E-state index in [2.05, 4.69) is 10.5 Å². The number of carbonyl (C=O) groups is 1. The first-order chi connectivity index (χ1) is 9.16. The second-order valence-electron chi connectivity index (χ2n) is 4.65. The summed E-state index contributed by atoms with van der Waals surface area (Å²) in [7, 11) is 0. The van der Waals surface area contributed by atoms with Crippen molar-refractivity contribution >= 4 is 23.2 Å². The molecule has 1 aromatic heterocycles. The molecule has 0 saturated heterocycles. The number of hydrogen-bond donors (Lipinski definition) is 1. The van der Waals surface area contributed by atoms with Gasteiger partial charge >= 0.3 is 0 Å². The van der Waals surface area contributed by atoms with Crippen LogP contribution in [0.15, 0.2) is 22.7 Å². The number of halogens is 1. The fourth-order valence-electron chi connectivity index (χ4n) is 2.33. The first kappa shape index (κ1) is 12.2. The van der Waals surface area contributed by atoms with Gasteiger partial charge in [-0.05, 0) is 37.5 Å². The number of fused-ring (bicyclic) bond motifs is 1. The smallest absolute Gasteiger partial charge is 0.278 e. The van der Waals surface area contributed by atoms with E-state index in [4.69, 9.17) is 16.1 Å². The van der Waals surface area contributed by atoms with Gasteiger partial charge in [-0.25, -0.2) is 0 Å². The Bertz CT molecular complexity index is 649. The topological polar surface area (TPSA) is 55.1 Å². The molecule has 5 heteroatoms. The summed E-state index contributed by atoms with van der Waals surface area (Å²) in [5.74, 6) is 0.602. The number of rotatable bonds is 2. The van der Waals surface area contributed by atoms with E-state index in [0.29, 0.717) is 16.4 Å². The minimum atomic E-state index is -0.239. The molecule has 3 rings (SSSR count). The Kier molecular flexibility index (Phi) is 3.03. The lowest BCUT2D eigenvalue weighted by molar-refractivity contribution is 0.101. The molecule has 1 heterocycles. The summed E-state index contributed by atoms with van der Waals surface area (Å²) in [5, 5.41) is 7.33. The molecular weight excluding hydrogens is 264 g/mol. The zero-order valence-corrected chi connectivity index (χ0v) is 11.3. The molecule has 19 heavy (non-hydrogen) atoms. The second-order valence-corrected chi connectivity index (χ2v) is 5.06. The predicted octanol–water partition coefficient (Wildman–Crippen LogP) is 3.38. The van der Waals surface area contributed by atoms with E-state index in [1.54, 1.807) is 12.1 Å². The molecule has 1 N–H and O–H groups in total. The van der Waals surface area contributed by atoms with Crippen LogP contribution in [0.25, 0.3) is 0 Å². The fraction of sp³-hybridized carbons (Fsp3) is 0.286. The van der Waals surface area contributed by atoms with Crippen molar-refractivity contribution in [3.8, 4) is 0 Å². The molecule has 0 radical (unpaired) electrons. The van der Waals surface area contributed by atoms with Gasteiger partial charge < -0.3 is 9.84 Å². The van der Waals surface area contributed by atoms with Gasteiger partial charge in [0.15, 0.2) is 5.69 Å². The van der Waals surface area contributed by atoms with Crippen molar-refractivity contribution in [2.75, 3.05) is 5.32 Å². The Morgan fingerprint density at radius 2 is 2.26 bits per heavy atom. The lowest BCUT2D eigenvalue weighted by Gasteiger charge is -2.08. The lowest BCUT2D eigenvalue weighted by Crippen LogP contribution is -2.15. The normalized spacial score (nSPS) is 13.4. The molecule has 0 fully saturated rings. The Hall–Kier alpha value is -1.81. The number of amides is 1. The highest BCUT2D eigenvalue weighted by molar-refractivity contribution is 6.31. The summed E-state index contributed by atoms with van der Waals surface area (Å²) in [5.41, 5.74) is 2.88. The number of carbonyl (C=O) groups excluding carboxylic acids is 1. The van der Waals surface area contributed by atoms with Crippen LogP contribution in [0.4, 0.5) is 5.69 Å². The summed E-state index contributed by atoms with van der Waals surface area (Å²) < 4.78 is 5.18. The molecular formula is C14H13ClN2O2. The van der Waals surface area contributed by atoms with E-state index in [0.717, 1.165) is 36.1 Å². The average Bonchev–Trinajstić information content (AvgIpc) is 2.96. The minimum Gasteiger partial charge on any atom is -0.360 e. The molecule has 0 unspecified atom stereocenters. The van der Waals surface area contributed by atoms with Crippen LogP contribution in [0.1, 0.15) is 33.8 Å². The third-order valence-electron chi connectivity index (χ3n) is 3.43. The van der Waals surface area contributed by atoms with Gasteiger partial charge in [0.05, 0.1) is 0 Å². The number of aromatic nitrogens is 1. The van der Waals surface area contributed by atoms with Crippen LogP contribution < -0.4 is 5.32 Å². The summed E-state index contributed by atoms with van der Waals surface area (Å²) in [6.45, 7) is 1.87. The molecule has 0 atom stereocenters. The first-order valence-corrected chi connectivity index (χ1v) is 6.58. The van der Waals surface area contributed by atoms with Gasteiger partial charge in [0, 0.05) is 22.7 Å². The summed E-state index contributed by atoms with van der Waals surface area (Å²) in [6, 6.07) is 5.41. The fourth-order valence-corrected chi connectivity index (χ4v) is 2.50. The number of nitrogens with one attached hydrogen (secondary N) is 1. The maximum Gasteiger partial charge on any atom is 0.278 e. The number of aryl methyl sites for hydroxylation is 1. The van der Waals surface area contributed by atoms with Gasteiger partial charge in [0.25, 0.3) is 5.91 Å². The molecule has 98 valence electrons. The van der Waals surface area contributed by atoms with E-state index in [-0.39, 0.29) is 5.91 Å². The maximum atomic E-state index is 12.2. The molecule has 2 aromatic rings. The van der Waals surface area contributed by atoms with Crippen molar-refractivity contribution in [1.29, 1.82) is 0 Å². The number of benzene rings is 1. The van der Waals surface area contributed by atoms with Crippen LogP contribution in [-0.4, -0.2) is 11.1 Å². The van der Waals surface area contributed by atoms with Crippen molar-refractivity contribution in [2.45, 2.75) is 26.2 Å². The standard InChI is InChI=1S/C14H13ClN2O2/c1-8-10(15)5-3-6-11(8)16-14(18)13-9-4-2-7-12(9)19-17-13/h3,5-6H,2,4,7H2,1H3,(H,16,18). The van der Waals surface area contributed by atoms with Gasteiger partial charge in [-0.3, -0.25) is 4.79 Å². The molecule has 1 aliphatic rings. The Balaban J connectivity index is 1.87. The molecule has 1 aliphatic carbocycles. The first-order valence-electron chi connectivity index (χ1n) is 6.20. The average molecular weight is 277 g/mol. The highest BCUT2D eigenvalue weighted by Crippen LogP contribution is 2.27. The zero-order valence-electron chi connectivity index (χ0n) is 10.5. The Morgan fingerprint density at radius 1 is 1.42 bits per heavy atom. The molecule has 1 aromatic carbocycles. The monoisotopic (exact) mass is 276 g/mol. The van der Waals surface area contributed by atoms with Gasteiger partial charge in [0.1, 0.15) is 5.76 Å². The summed E-state index contributed by atoms with van der Waals surface area (Å²) >= 11 is 6.03. The third kappa shape index (κ3) is 2.12. The van der Waals surface area contributed by atoms with Crippen molar-refractivity contribution < 1.29 is 9.32 Å². The molecule has 0 saturated carbocycles.